The van der Waals surface area contributed by atoms with Crippen molar-refractivity contribution in [3.05, 3.63) is 0 Å². The van der Waals surface area contributed by atoms with E-state index in [0.29, 0.717) is 12.8 Å². The maximum Gasteiger partial charge on any atom is 0.306 e. The Bertz CT molecular complexity index is 295. The number of ether oxygens (including phenoxy) is 2. The molecule has 0 aromatic carbocycles. The lowest BCUT2D eigenvalue weighted by atomic mass is 9.91. The van der Waals surface area contributed by atoms with Gasteiger partial charge in [0, 0.05) is 12.8 Å². The molecule has 128 valence electrons. The van der Waals surface area contributed by atoms with Crippen molar-refractivity contribution in [2.75, 3.05) is 0 Å². The van der Waals surface area contributed by atoms with Gasteiger partial charge in [-0.15, -0.1) is 0 Å². The zero-order valence-corrected chi connectivity index (χ0v) is 14.3. The summed E-state index contributed by atoms with van der Waals surface area (Å²) in [5, 5.41) is 0. The first kappa shape index (κ1) is 19.0. The van der Waals surface area contributed by atoms with Gasteiger partial charge in [-0.05, 0) is 25.7 Å². The van der Waals surface area contributed by atoms with Crippen LogP contribution >= 0.6 is 0 Å². The minimum Gasteiger partial charge on any atom is -0.458 e. The number of carbonyl (C=O) groups is 2. The second-order valence-electron chi connectivity index (χ2n) is 6.26. The van der Waals surface area contributed by atoms with Crippen LogP contribution in [0.1, 0.15) is 90.9 Å². The molecule has 4 nitrogen and oxygen atoms in total. The minimum atomic E-state index is -0.210. The third-order valence-corrected chi connectivity index (χ3v) is 4.18. The van der Waals surface area contributed by atoms with Gasteiger partial charge in [0.1, 0.15) is 12.2 Å². The molecule has 1 fully saturated rings. The fraction of sp³-hybridized carbons (Fsp3) is 0.889. The number of hydrogen-bond acceptors (Lipinski definition) is 4. The normalized spacial score (nSPS) is 20.3. The summed E-state index contributed by atoms with van der Waals surface area (Å²) in [5.41, 5.74) is 0. The number of carbonyl (C=O) groups excluding carboxylic acids is 2. The molecule has 2 unspecified atom stereocenters. The Labute approximate surface area is 134 Å². The summed E-state index contributed by atoms with van der Waals surface area (Å²) < 4.78 is 10.8. The van der Waals surface area contributed by atoms with E-state index in [0.717, 1.165) is 64.2 Å². The van der Waals surface area contributed by atoms with E-state index in [-0.39, 0.29) is 24.1 Å². The molecule has 2 atom stereocenters. The van der Waals surface area contributed by atoms with Crippen molar-refractivity contribution in [2.24, 2.45) is 0 Å². The molecule has 0 bridgehead atoms. The van der Waals surface area contributed by atoms with E-state index in [2.05, 4.69) is 13.8 Å². The lowest BCUT2D eigenvalue weighted by Crippen LogP contribution is -2.43. The van der Waals surface area contributed by atoms with Crippen LogP contribution < -0.4 is 0 Å². The van der Waals surface area contributed by atoms with Crippen LogP contribution in [0, 0.1) is 0 Å². The van der Waals surface area contributed by atoms with Crippen LogP contribution in [0.4, 0.5) is 0 Å². The molecule has 0 amide bonds. The first-order chi connectivity index (χ1) is 10.7. The largest absolute Gasteiger partial charge is 0.458 e. The van der Waals surface area contributed by atoms with Gasteiger partial charge < -0.3 is 9.47 Å². The minimum absolute atomic E-state index is 0.148. The molecule has 1 rings (SSSR count). The molecule has 0 N–H and O–H groups in total. The number of rotatable bonds is 12. The van der Waals surface area contributed by atoms with Crippen LogP contribution in [-0.4, -0.2) is 24.1 Å². The van der Waals surface area contributed by atoms with Gasteiger partial charge in [0.2, 0.25) is 0 Å². The first-order valence-electron chi connectivity index (χ1n) is 9.06. The van der Waals surface area contributed by atoms with Gasteiger partial charge in [-0.2, -0.15) is 0 Å². The molecule has 0 saturated heterocycles. The Morgan fingerprint density at radius 1 is 0.727 bits per heavy atom. The number of esters is 2. The summed E-state index contributed by atoms with van der Waals surface area (Å²) >= 11 is 0. The quantitative estimate of drug-likeness (QED) is 0.392. The predicted molar refractivity (Wildman–Crippen MR) is 86.5 cm³/mol. The zero-order valence-electron chi connectivity index (χ0n) is 14.3. The van der Waals surface area contributed by atoms with Crippen LogP contribution in [0.5, 0.6) is 0 Å². The molecule has 0 heterocycles. The number of unbranched alkanes of at least 4 members (excludes halogenated alkanes) is 6. The zero-order chi connectivity index (χ0) is 16.2. The van der Waals surface area contributed by atoms with Crippen molar-refractivity contribution < 1.29 is 19.1 Å². The maximum absolute atomic E-state index is 11.7. The van der Waals surface area contributed by atoms with Gasteiger partial charge in [0.15, 0.2) is 0 Å². The van der Waals surface area contributed by atoms with Gasteiger partial charge in [-0.3, -0.25) is 9.59 Å². The summed E-state index contributed by atoms with van der Waals surface area (Å²) in [6.45, 7) is 4.29. The molecule has 1 saturated carbocycles. The Hall–Kier alpha value is -1.06. The lowest BCUT2D eigenvalue weighted by Gasteiger charge is -2.35. The van der Waals surface area contributed by atoms with Crippen LogP contribution in [-0.2, 0) is 19.1 Å². The Morgan fingerprint density at radius 2 is 1.14 bits per heavy atom. The highest BCUT2D eigenvalue weighted by molar-refractivity contribution is 5.70. The van der Waals surface area contributed by atoms with E-state index >= 15 is 0 Å². The molecule has 4 heteroatoms. The van der Waals surface area contributed by atoms with Gasteiger partial charge in [0.05, 0.1) is 0 Å². The highest BCUT2D eigenvalue weighted by Crippen LogP contribution is 2.27. The summed E-state index contributed by atoms with van der Waals surface area (Å²) in [4.78, 5) is 23.4. The average Bonchev–Trinajstić information content (AvgIpc) is 2.50. The smallest absolute Gasteiger partial charge is 0.306 e. The van der Waals surface area contributed by atoms with Crippen LogP contribution in [0.25, 0.3) is 0 Å². The van der Waals surface area contributed by atoms with E-state index in [1.807, 2.05) is 0 Å². The van der Waals surface area contributed by atoms with Crippen LogP contribution in [0.3, 0.4) is 0 Å². The second-order valence-corrected chi connectivity index (χ2v) is 6.26. The van der Waals surface area contributed by atoms with Crippen molar-refractivity contribution in [3.63, 3.8) is 0 Å². The van der Waals surface area contributed by atoms with Gasteiger partial charge in [0.25, 0.3) is 0 Å². The van der Waals surface area contributed by atoms with Crippen molar-refractivity contribution in [2.45, 2.75) is 103 Å². The fourth-order valence-corrected chi connectivity index (χ4v) is 2.56. The fourth-order valence-electron chi connectivity index (χ4n) is 2.56. The van der Waals surface area contributed by atoms with E-state index in [1.165, 1.54) is 0 Å². The standard InChI is InChI=1S/C18H32O4/c1-3-5-7-9-11-17(19)21-15-13-14-16(15)22-18(20)12-10-8-6-4-2/h15-16H,3-14H2,1-2H3. The van der Waals surface area contributed by atoms with E-state index in [9.17, 15) is 9.59 Å². The van der Waals surface area contributed by atoms with Gasteiger partial charge in [-0.1, -0.05) is 52.4 Å². The molecule has 0 aliphatic heterocycles. The molecule has 0 radical (unpaired) electrons. The van der Waals surface area contributed by atoms with Crippen molar-refractivity contribution in [1.82, 2.24) is 0 Å². The maximum atomic E-state index is 11.7. The van der Waals surface area contributed by atoms with E-state index in [1.54, 1.807) is 0 Å². The lowest BCUT2D eigenvalue weighted by molar-refractivity contribution is -0.181. The Balaban J connectivity index is 2.11. The van der Waals surface area contributed by atoms with E-state index < -0.39 is 0 Å². The predicted octanol–water partition coefficient (Wildman–Crippen LogP) is 4.54. The highest BCUT2D eigenvalue weighted by Gasteiger charge is 2.37. The summed E-state index contributed by atoms with van der Waals surface area (Å²) in [6.07, 6.45) is 10.7. The SMILES string of the molecule is CCCCCCC(=O)OC1CCC1OC(=O)CCCCCC. The Morgan fingerprint density at radius 3 is 1.45 bits per heavy atom. The molecule has 0 spiro atoms. The molecular formula is C18H32O4. The highest BCUT2D eigenvalue weighted by atomic mass is 16.6. The molecule has 1 aliphatic rings. The first-order valence-corrected chi connectivity index (χ1v) is 9.06. The third kappa shape index (κ3) is 7.81. The Kier molecular flexibility index (Phi) is 9.93. The van der Waals surface area contributed by atoms with E-state index in [4.69, 9.17) is 9.47 Å². The van der Waals surface area contributed by atoms with Gasteiger partial charge in [-0.25, -0.2) is 0 Å². The van der Waals surface area contributed by atoms with Crippen molar-refractivity contribution >= 4 is 11.9 Å². The van der Waals surface area contributed by atoms with Gasteiger partial charge >= 0.3 is 11.9 Å². The van der Waals surface area contributed by atoms with Crippen molar-refractivity contribution in [3.8, 4) is 0 Å². The average molecular weight is 312 g/mol. The molecule has 1 aliphatic carbocycles. The summed E-state index contributed by atoms with van der Waals surface area (Å²) in [7, 11) is 0. The second kappa shape index (κ2) is 11.5. The summed E-state index contributed by atoms with van der Waals surface area (Å²) in [5.74, 6) is -0.297. The van der Waals surface area contributed by atoms with Crippen LogP contribution in [0.15, 0.2) is 0 Å². The third-order valence-electron chi connectivity index (χ3n) is 4.18. The van der Waals surface area contributed by atoms with Crippen LogP contribution in [0.2, 0.25) is 0 Å². The van der Waals surface area contributed by atoms with Crippen molar-refractivity contribution in [1.29, 1.82) is 0 Å². The monoisotopic (exact) mass is 312 g/mol. The summed E-state index contributed by atoms with van der Waals surface area (Å²) in [6, 6.07) is 0. The topological polar surface area (TPSA) is 52.6 Å². The molecular weight excluding hydrogens is 280 g/mol. The number of hydrogen-bond donors (Lipinski definition) is 0. The molecule has 0 aromatic heterocycles. The molecule has 22 heavy (non-hydrogen) atoms. The molecule has 0 aromatic rings.